The Morgan fingerprint density at radius 3 is 2.77 bits per heavy atom. The predicted octanol–water partition coefficient (Wildman–Crippen LogP) is 2.18. The molecule has 6 heteroatoms. The first kappa shape index (κ1) is 18.7. The van der Waals surface area contributed by atoms with Crippen LogP contribution in [0.4, 0.5) is 5.69 Å². The van der Waals surface area contributed by atoms with E-state index in [1.165, 1.54) is 32.4 Å². The van der Waals surface area contributed by atoms with Crippen LogP contribution in [-0.2, 0) is 9.59 Å². The number of nitrogens with zero attached hydrogens (tertiary/aromatic N) is 2. The van der Waals surface area contributed by atoms with Gasteiger partial charge in [0.05, 0.1) is 5.69 Å². The molecule has 26 heavy (non-hydrogen) atoms. The normalized spacial score (nSPS) is 20.4. The van der Waals surface area contributed by atoms with Crippen molar-refractivity contribution < 1.29 is 14.3 Å². The molecule has 142 valence electrons. The number of piperidine rings is 1. The molecule has 0 radical (unpaired) electrons. The van der Waals surface area contributed by atoms with Crippen LogP contribution in [0.3, 0.4) is 0 Å². The van der Waals surface area contributed by atoms with Crippen LogP contribution in [0.25, 0.3) is 0 Å². The van der Waals surface area contributed by atoms with Crippen LogP contribution in [0.2, 0.25) is 0 Å². The van der Waals surface area contributed by atoms with Gasteiger partial charge < -0.3 is 15.0 Å². The summed E-state index contributed by atoms with van der Waals surface area (Å²) in [6, 6.07) is 7.39. The van der Waals surface area contributed by atoms with Gasteiger partial charge in [0.2, 0.25) is 5.91 Å². The van der Waals surface area contributed by atoms with E-state index in [1.54, 1.807) is 4.90 Å². The maximum atomic E-state index is 12.6. The topological polar surface area (TPSA) is 61.9 Å². The Morgan fingerprint density at radius 2 is 2.00 bits per heavy atom. The summed E-state index contributed by atoms with van der Waals surface area (Å²) in [6.45, 7) is 5.97. The Bertz CT molecular complexity index is 628. The number of rotatable bonds is 7. The Labute approximate surface area is 155 Å². The van der Waals surface area contributed by atoms with Crippen molar-refractivity contribution in [3.63, 3.8) is 0 Å². The van der Waals surface area contributed by atoms with E-state index in [4.69, 9.17) is 4.74 Å². The zero-order valence-corrected chi connectivity index (χ0v) is 15.6. The lowest BCUT2D eigenvalue weighted by atomic mass is 10.1. The Kier molecular flexibility index (Phi) is 6.50. The summed E-state index contributed by atoms with van der Waals surface area (Å²) in [5.74, 6) is 0.398. The van der Waals surface area contributed by atoms with Crippen LogP contribution >= 0.6 is 0 Å². The highest BCUT2D eigenvalue weighted by Crippen LogP contribution is 2.34. The number of fused-ring (bicyclic) bond motifs is 1. The Hall–Kier alpha value is -2.08. The molecule has 6 nitrogen and oxygen atoms in total. The molecule has 1 aromatic carbocycles. The largest absolute Gasteiger partial charge is 0.478 e. The van der Waals surface area contributed by atoms with Crippen LogP contribution < -0.4 is 15.0 Å². The number of likely N-dealkylation sites (tertiary alicyclic amines) is 1. The van der Waals surface area contributed by atoms with Crippen molar-refractivity contribution in [1.82, 2.24) is 10.2 Å². The van der Waals surface area contributed by atoms with Gasteiger partial charge in [-0.1, -0.05) is 25.5 Å². The summed E-state index contributed by atoms with van der Waals surface area (Å²) in [4.78, 5) is 29.0. The number of benzene rings is 1. The monoisotopic (exact) mass is 359 g/mol. The van der Waals surface area contributed by atoms with E-state index >= 15 is 0 Å². The molecule has 0 bridgehead atoms. The number of anilines is 1. The van der Waals surface area contributed by atoms with E-state index < -0.39 is 6.10 Å². The number of carbonyl (C=O) groups excluding carboxylic acids is 2. The van der Waals surface area contributed by atoms with Crippen LogP contribution in [0, 0.1) is 0 Å². The second kappa shape index (κ2) is 9.03. The minimum Gasteiger partial charge on any atom is -0.478 e. The molecule has 1 fully saturated rings. The zero-order valence-electron chi connectivity index (χ0n) is 15.6. The fourth-order valence-electron chi connectivity index (χ4n) is 3.61. The highest BCUT2D eigenvalue weighted by molar-refractivity contribution is 6.03. The van der Waals surface area contributed by atoms with E-state index in [2.05, 4.69) is 10.2 Å². The number of hydrogen-bond acceptors (Lipinski definition) is 4. The van der Waals surface area contributed by atoms with Gasteiger partial charge >= 0.3 is 0 Å². The summed E-state index contributed by atoms with van der Waals surface area (Å²) >= 11 is 0. The first-order valence-corrected chi connectivity index (χ1v) is 9.75. The Balaban J connectivity index is 1.50. The molecule has 1 N–H and O–H groups in total. The molecule has 0 aromatic heterocycles. The van der Waals surface area contributed by atoms with Crippen molar-refractivity contribution in [3.8, 4) is 5.75 Å². The number of nitrogens with one attached hydrogen (secondary N) is 1. The molecule has 2 amide bonds. The number of hydrogen-bond donors (Lipinski definition) is 1. The fourth-order valence-corrected chi connectivity index (χ4v) is 3.61. The van der Waals surface area contributed by atoms with Crippen molar-refractivity contribution in [2.24, 2.45) is 0 Å². The molecule has 3 rings (SSSR count). The molecule has 1 saturated heterocycles. The predicted molar refractivity (Wildman–Crippen MR) is 101 cm³/mol. The van der Waals surface area contributed by atoms with Gasteiger partial charge in [0, 0.05) is 6.54 Å². The maximum Gasteiger partial charge on any atom is 0.268 e. The second-order valence-corrected chi connectivity index (χ2v) is 7.01. The fraction of sp³-hybridized carbons (Fsp3) is 0.600. The molecular formula is C20H29N3O3. The third-order valence-electron chi connectivity index (χ3n) is 5.06. The summed E-state index contributed by atoms with van der Waals surface area (Å²) in [7, 11) is 0. The first-order valence-electron chi connectivity index (χ1n) is 9.75. The molecule has 1 unspecified atom stereocenters. The van der Waals surface area contributed by atoms with Gasteiger partial charge in [-0.05, 0) is 57.5 Å². The molecule has 2 aliphatic rings. The number of para-hydroxylation sites is 2. The minimum absolute atomic E-state index is 0.0411. The van der Waals surface area contributed by atoms with Crippen molar-refractivity contribution in [2.45, 2.75) is 45.1 Å². The van der Waals surface area contributed by atoms with Gasteiger partial charge in [0.1, 0.15) is 12.3 Å². The highest BCUT2D eigenvalue weighted by atomic mass is 16.5. The molecule has 0 aliphatic carbocycles. The smallest absolute Gasteiger partial charge is 0.268 e. The van der Waals surface area contributed by atoms with Crippen molar-refractivity contribution in [2.75, 3.05) is 37.6 Å². The molecule has 1 atom stereocenters. The lowest BCUT2D eigenvalue weighted by Gasteiger charge is -2.33. The number of carbonyl (C=O) groups is 2. The molecule has 0 spiro atoms. The average Bonchev–Trinajstić information content (AvgIpc) is 2.68. The summed E-state index contributed by atoms with van der Waals surface area (Å²) in [5, 5.41) is 2.95. The standard InChI is InChI=1S/C20H29N3O3/c1-2-17-20(25)23(16-9-4-5-10-18(16)26-17)15-19(24)21-11-8-14-22-12-6-3-7-13-22/h4-5,9-10,17H,2-3,6-8,11-15H2,1H3,(H,21,24). The van der Waals surface area contributed by atoms with Crippen LogP contribution in [0.15, 0.2) is 24.3 Å². The Morgan fingerprint density at radius 1 is 1.23 bits per heavy atom. The van der Waals surface area contributed by atoms with Gasteiger partial charge in [-0.3, -0.25) is 14.5 Å². The lowest BCUT2D eigenvalue weighted by Crippen LogP contribution is -2.49. The van der Waals surface area contributed by atoms with Crippen molar-refractivity contribution >= 4 is 17.5 Å². The first-order chi connectivity index (χ1) is 12.7. The van der Waals surface area contributed by atoms with E-state index in [1.807, 2.05) is 31.2 Å². The highest BCUT2D eigenvalue weighted by Gasteiger charge is 2.34. The van der Waals surface area contributed by atoms with Gasteiger partial charge in [0.15, 0.2) is 6.10 Å². The maximum absolute atomic E-state index is 12.6. The number of ether oxygens (including phenoxy) is 1. The van der Waals surface area contributed by atoms with E-state index in [0.29, 0.717) is 24.4 Å². The molecular weight excluding hydrogens is 330 g/mol. The zero-order chi connectivity index (χ0) is 18.4. The van der Waals surface area contributed by atoms with Gasteiger partial charge in [-0.25, -0.2) is 0 Å². The van der Waals surface area contributed by atoms with E-state index in [9.17, 15) is 9.59 Å². The molecule has 2 aliphatic heterocycles. The molecule has 1 aromatic rings. The third-order valence-corrected chi connectivity index (χ3v) is 5.06. The summed E-state index contributed by atoms with van der Waals surface area (Å²) in [5.41, 5.74) is 0.672. The second-order valence-electron chi connectivity index (χ2n) is 7.01. The molecule has 2 heterocycles. The third kappa shape index (κ3) is 4.55. The van der Waals surface area contributed by atoms with E-state index in [-0.39, 0.29) is 18.4 Å². The van der Waals surface area contributed by atoms with Crippen LogP contribution in [0.5, 0.6) is 5.75 Å². The van der Waals surface area contributed by atoms with Crippen molar-refractivity contribution in [3.05, 3.63) is 24.3 Å². The lowest BCUT2D eigenvalue weighted by molar-refractivity contribution is -0.129. The van der Waals surface area contributed by atoms with Gasteiger partial charge in [-0.15, -0.1) is 0 Å². The van der Waals surface area contributed by atoms with Gasteiger partial charge in [-0.2, -0.15) is 0 Å². The number of amides is 2. The summed E-state index contributed by atoms with van der Waals surface area (Å²) < 4.78 is 5.74. The van der Waals surface area contributed by atoms with Gasteiger partial charge in [0.25, 0.3) is 5.91 Å². The van der Waals surface area contributed by atoms with Crippen LogP contribution in [-0.4, -0.2) is 55.5 Å². The summed E-state index contributed by atoms with van der Waals surface area (Å²) in [6.07, 6.45) is 4.91. The van der Waals surface area contributed by atoms with E-state index in [0.717, 1.165) is 13.0 Å². The SMILES string of the molecule is CCC1Oc2ccccc2N(CC(=O)NCCCN2CCCCC2)C1=O. The average molecular weight is 359 g/mol. The van der Waals surface area contributed by atoms with Crippen LogP contribution in [0.1, 0.15) is 39.0 Å². The minimum atomic E-state index is -0.517. The molecule has 0 saturated carbocycles. The van der Waals surface area contributed by atoms with Crippen molar-refractivity contribution in [1.29, 1.82) is 0 Å². The quantitative estimate of drug-likeness (QED) is 0.758.